The van der Waals surface area contributed by atoms with Crippen LogP contribution in [0.3, 0.4) is 0 Å². The number of halogens is 5. The first-order valence-electron chi connectivity index (χ1n) is 10.5. The van der Waals surface area contributed by atoms with Gasteiger partial charge in [-0.1, -0.05) is 17.7 Å². The summed E-state index contributed by atoms with van der Waals surface area (Å²) in [5.74, 6) is -4.02. The Balaban J connectivity index is 1.50. The lowest BCUT2D eigenvalue weighted by Gasteiger charge is -2.18. The molecule has 2 N–H and O–H groups in total. The molecule has 0 spiro atoms. The molecular weight excluding hydrogens is 510 g/mol. The topological polar surface area (TPSA) is 105 Å². The molecule has 0 atom stereocenters. The Bertz CT molecular complexity index is 1300. The van der Waals surface area contributed by atoms with Gasteiger partial charge in [-0.05, 0) is 56.0 Å². The number of benzene rings is 2. The van der Waals surface area contributed by atoms with E-state index in [1.54, 1.807) is 0 Å². The summed E-state index contributed by atoms with van der Waals surface area (Å²) in [7, 11) is 0. The minimum atomic E-state index is -4.98. The number of anilines is 2. The maximum Gasteiger partial charge on any atom is 0.573 e. The fourth-order valence-electron chi connectivity index (χ4n) is 3.93. The van der Waals surface area contributed by atoms with Gasteiger partial charge >= 0.3 is 12.4 Å². The van der Waals surface area contributed by atoms with Gasteiger partial charge in [-0.3, -0.25) is 19.7 Å². The second kappa shape index (κ2) is 9.61. The summed E-state index contributed by atoms with van der Waals surface area (Å²) in [6, 6.07) is 4.63. The summed E-state index contributed by atoms with van der Waals surface area (Å²) < 4.78 is 55.6. The van der Waals surface area contributed by atoms with Crippen molar-refractivity contribution in [3.8, 4) is 5.75 Å². The number of urea groups is 1. The van der Waals surface area contributed by atoms with Gasteiger partial charge in [-0.2, -0.15) is 0 Å². The first-order valence-corrected chi connectivity index (χ1v) is 10.9. The predicted molar refractivity (Wildman–Crippen MR) is 119 cm³/mol. The number of alkyl halides is 3. The Kier molecular flexibility index (Phi) is 6.72. The molecule has 13 heteroatoms. The zero-order chi connectivity index (χ0) is 26.2. The van der Waals surface area contributed by atoms with Crippen molar-refractivity contribution in [2.45, 2.75) is 32.0 Å². The van der Waals surface area contributed by atoms with Gasteiger partial charge in [0.1, 0.15) is 11.6 Å². The molecule has 0 fully saturated rings. The van der Waals surface area contributed by atoms with Crippen LogP contribution < -0.4 is 20.3 Å². The van der Waals surface area contributed by atoms with E-state index in [0.717, 1.165) is 49.2 Å². The summed E-state index contributed by atoms with van der Waals surface area (Å²) in [5.41, 5.74) is -0.312. The van der Waals surface area contributed by atoms with Gasteiger partial charge in [0.2, 0.25) is 0 Å². The molecule has 188 valence electrons. The predicted octanol–water partition coefficient (Wildman–Crippen LogP) is 5.08. The van der Waals surface area contributed by atoms with Gasteiger partial charge in [-0.25, -0.2) is 14.1 Å². The molecule has 0 saturated heterocycles. The van der Waals surface area contributed by atoms with E-state index >= 15 is 0 Å². The van der Waals surface area contributed by atoms with Crippen LogP contribution >= 0.6 is 11.6 Å². The van der Waals surface area contributed by atoms with E-state index in [2.05, 4.69) is 10.1 Å². The highest BCUT2D eigenvalue weighted by Crippen LogP contribution is 2.39. The quantitative estimate of drug-likeness (QED) is 0.428. The Morgan fingerprint density at radius 3 is 2.25 bits per heavy atom. The zero-order valence-electron chi connectivity index (χ0n) is 18.2. The smallest absolute Gasteiger partial charge is 0.406 e. The van der Waals surface area contributed by atoms with E-state index in [0.29, 0.717) is 28.9 Å². The maximum atomic E-state index is 14.7. The number of hydrogen-bond donors (Lipinski definition) is 2. The average molecular weight is 526 g/mol. The van der Waals surface area contributed by atoms with Crippen LogP contribution in [0.4, 0.5) is 33.7 Å². The normalized spacial score (nSPS) is 15.6. The Morgan fingerprint density at radius 2 is 1.64 bits per heavy atom. The lowest BCUT2D eigenvalue weighted by molar-refractivity contribution is -0.274. The minimum Gasteiger partial charge on any atom is -0.406 e. The van der Waals surface area contributed by atoms with Crippen LogP contribution in [0.5, 0.6) is 5.75 Å². The molecule has 1 heterocycles. The largest absolute Gasteiger partial charge is 0.573 e. The molecule has 2 aromatic carbocycles. The maximum absolute atomic E-state index is 14.7. The van der Waals surface area contributed by atoms with Gasteiger partial charge in [0.25, 0.3) is 17.7 Å². The molecule has 2 aromatic rings. The molecule has 8 nitrogen and oxygen atoms in total. The van der Waals surface area contributed by atoms with Crippen molar-refractivity contribution in [1.82, 2.24) is 5.32 Å². The highest BCUT2D eigenvalue weighted by Gasteiger charge is 2.41. The van der Waals surface area contributed by atoms with Crippen molar-refractivity contribution in [3.05, 3.63) is 63.9 Å². The molecule has 0 radical (unpaired) electrons. The number of nitrogens with zero attached hydrogens (tertiary/aromatic N) is 1. The van der Waals surface area contributed by atoms with Crippen LogP contribution in [0.1, 0.15) is 36.0 Å². The molecule has 2 aliphatic rings. The van der Waals surface area contributed by atoms with E-state index in [1.807, 2.05) is 5.32 Å². The molecule has 0 bridgehead atoms. The van der Waals surface area contributed by atoms with E-state index < -0.39 is 47.4 Å². The highest BCUT2D eigenvalue weighted by atomic mass is 35.5. The van der Waals surface area contributed by atoms with Crippen molar-refractivity contribution in [2.75, 3.05) is 10.2 Å². The number of carbonyl (C=O) groups is 4. The summed E-state index contributed by atoms with van der Waals surface area (Å²) in [4.78, 5) is 50.9. The van der Waals surface area contributed by atoms with Crippen LogP contribution in [-0.4, -0.2) is 30.1 Å². The van der Waals surface area contributed by atoms with Crippen molar-refractivity contribution >= 4 is 46.7 Å². The van der Waals surface area contributed by atoms with Gasteiger partial charge in [0.15, 0.2) is 0 Å². The second-order valence-corrected chi connectivity index (χ2v) is 8.28. The van der Waals surface area contributed by atoms with E-state index in [9.17, 15) is 36.7 Å². The molecular formula is C23H16ClF4N3O5. The van der Waals surface area contributed by atoms with Gasteiger partial charge < -0.3 is 10.1 Å². The van der Waals surface area contributed by atoms with E-state index in [4.69, 9.17) is 11.6 Å². The molecule has 0 aromatic heterocycles. The number of hydrogen-bond acceptors (Lipinski definition) is 5. The molecule has 0 unspecified atom stereocenters. The van der Waals surface area contributed by atoms with Crippen LogP contribution in [0.25, 0.3) is 0 Å². The number of imide groups is 2. The summed E-state index contributed by atoms with van der Waals surface area (Å²) in [6.45, 7) is 0. The van der Waals surface area contributed by atoms with Crippen LogP contribution in [-0.2, 0) is 9.59 Å². The summed E-state index contributed by atoms with van der Waals surface area (Å²) in [6.07, 6.45) is -2.73. The fourth-order valence-corrected chi connectivity index (χ4v) is 4.12. The Hall–Kier alpha value is -3.93. The number of ether oxygens (including phenoxy) is 1. The lowest BCUT2D eigenvalue weighted by atomic mass is 9.93. The van der Waals surface area contributed by atoms with Gasteiger partial charge in [0.05, 0.1) is 16.4 Å². The summed E-state index contributed by atoms with van der Waals surface area (Å²) >= 11 is 5.99. The van der Waals surface area contributed by atoms with Gasteiger partial charge in [0, 0.05) is 16.7 Å². The van der Waals surface area contributed by atoms with Crippen LogP contribution in [0.15, 0.2) is 47.5 Å². The highest BCUT2D eigenvalue weighted by molar-refractivity contribution is 6.35. The second-order valence-electron chi connectivity index (χ2n) is 7.88. The SMILES string of the molecule is O=C(NC(=O)c1cccc(OC(F)(F)F)c1)Nc1cc(N2C(=O)C3=C(CCCC3)C2=O)c(F)cc1Cl. The van der Waals surface area contributed by atoms with Crippen LogP contribution in [0.2, 0.25) is 5.02 Å². The van der Waals surface area contributed by atoms with Gasteiger partial charge in [-0.15, -0.1) is 13.2 Å². The Labute approximate surface area is 205 Å². The number of amides is 5. The first-order chi connectivity index (χ1) is 16.9. The lowest BCUT2D eigenvalue weighted by Crippen LogP contribution is -2.35. The number of nitrogens with one attached hydrogen (secondary N) is 2. The summed E-state index contributed by atoms with van der Waals surface area (Å²) in [5, 5.41) is 3.80. The minimum absolute atomic E-state index is 0.224. The van der Waals surface area contributed by atoms with Crippen molar-refractivity contribution in [2.24, 2.45) is 0 Å². The van der Waals surface area contributed by atoms with Crippen molar-refractivity contribution < 1.29 is 41.5 Å². The van der Waals surface area contributed by atoms with Crippen molar-refractivity contribution in [3.63, 3.8) is 0 Å². The zero-order valence-corrected chi connectivity index (χ0v) is 18.9. The monoisotopic (exact) mass is 525 g/mol. The third-order valence-electron chi connectivity index (χ3n) is 5.47. The number of rotatable bonds is 4. The van der Waals surface area contributed by atoms with Crippen LogP contribution in [0, 0.1) is 5.82 Å². The third-order valence-corrected chi connectivity index (χ3v) is 5.79. The molecule has 36 heavy (non-hydrogen) atoms. The standard InChI is InChI=1S/C23H16ClF4N3O5/c24-15-9-16(25)18(31-20(33)13-6-1-2-7-14(13)21(31)34)10-17(15)29-22(35)30-19(32)11-4-3-5-12(8-11)36-23(26,27)28/h3-5,8-10H,1-2,6-7H2,(H2,29,30,32,35). The van der Waals surface area contributed by atoms with E-state index in [1.165, 1.54) is 0 Å². The average Bonchev–Trinajstić information content (AvgIpc) is 3.05. The first kappa shape index (κ1) is 25.2. The van der Waals surface area contributed by atoms with E-state index in [-0.39, 0.29) is 16.3 Å². The molecule has 0 saturated carbocycles. The molecule has 1 aliphatic heterocycles. The Morgan fingerprint density at radius 1 is 1.00 bits per heavy atom. The third kappa shape index (κ3) is 5.18. The number of carbonyl (C=O) groups excluding carboxylic acids is 4. The molecule has 5 amide bonds. The molecule has 1 aliphatic carbocycles. The van der Waals surface area contributed by atoms with Crippen molar-refractivity contribution in [1.29, 1.82) is 0 Å². The molecule has 4 rings (SSSR count). The fraction of sp³-hybridized carbons (Fsp3) is 0.217.